The van der Waals surface area contributed by atoms with Gasteiger partial charge >= 0.3 is 0 Å². The lowest BCUT2D eigenvalue weighted by atomic mass is 9.54. The van der Waals surface area contributed by atoms with Crippen LogP contribution in [0.2, 0.25) is 0 Å². The standard InChI is InChI=1S/C21H40ClNO/c1-15-19(10,12-13-24-22)20(11,17(5,6)7)14-21(15,23)18(8,9)16(2,3)4/h1,12-14,23H2,2-11H3. The minimum Gasteiger partial charge on any atom is -0.321 e. The summed E-state index contributed by atoms with van der Waals surface area (Å²) >= 11 is 5.57. The molecule has 0 radical (unpaired) electrons. The van der Waals surface area contributed by atoms with Crippen molar-refractivity contribution in [2.24, 2.45) is 32.8 Å². The highest BCUT2D eigenvalue weighted by atomic mass is 35.5. The first-order chi connectivity index (χ1) is 10.4. The Bertz CT molecular complexity index is 499. The molecule has 3 atom stereocenters. The Morgan fingerprint density at radius 3 is 1.88 bits per heavy atom. The lowest BCUT2D eigenvalue weighted by molar-refractivity contribution is -0.0178. The average molecular weight is 358 g/mol. The van der Waals surface area contributed by atoms with Crippen molar-refractivity contribution in [2.45, 2.75) is 87.6 Å². The van der Waals surface area contributed by atoms with Crippen LogP contribution in [0.15, 0.2) is 12.2 Å². The molecule has 0 aromatic rings. The lowest BCUT2D eigenvalue weighted by Crippen LogP contribution is -2.58. The van der Waals surface area contributed by atoms with E-state index in [-0.39, 0.29) is 27.1 Å². The second-order valence-electron chi connectivity index (χ2n) is 11.0. The van der Waals surface area contributed by atoms with Crippen molar-refractivity contribution in [2.75, 3.05) is 6.61 Å². The molecular weight excluding hydrogens is 318 g/mol. The SMILES string of the molecule is C=C1C(C)(CCOCl)C(C)(C(C)(C)C)CC1(N)C(C)(C)C(C)(C)C. The molecule has 1 rings (SSSR count). The summed E-state index contributed by atoms with van der Waals surface area (Å²) in [7, 11) is 0. The summed E-state index contributed by atoms with van der Waals surface area (Å²) in [5, 5.41) is 0. The zero-order valence-corrected chi connectivity index (χ0v) is 18.4. The molecule has 3 heteroatoms. The van der Waals surface area contributed by atoms with Crippen LogP contribution in [0.5, 0.6) is 0 Å². The first-order valence-corrected chi connectivity index (χ1v) is 9.45. The monoisotopic (exact) mass is 357 g/mol. The predicted octanol–water partition coefficient (Wildman–Crippen LogP) is 6.34. The van der Waals surface area contributed by atoms with E-state index in [4.69, 9.17) is 21.9 Å². The fourth-order valence-corrected chi connectivity index (χ4v) is 4.79. The predicted molar refractivity (Wildman–Crippen MR) is 106 cm³/mol. The van der Waals surface area contributed by atoms with Crippen molar-refractivity contribution in [3.8, 4) is 0 Å². The van der Waals surface area contributed by atoms with E-state index >= 15 is 0 Å². The fourth-order valence-electron chi connectivity index (χ4n) is 4.71. The van der Waals surface area contributed by atoms with Gasteiger partial charge in [-0.15, -0.1) is 0 Å². The maximum Gasteiger partial charge on any atom is 0.0691 e. The summed E-state index contributed by atoms with van der Waals surface area (Å²) in [4.78, 5) is 0. The summed E-state index contributed by atoms with van der Waals surface area (Å²) in [6, 6.07) is 0. The summed E-state index contributed by atoms with van der Waals surface area (Å²) in [6.45, 7) is 28.1. The van der Waals surface area contributed by atoms with Gasteiger partial charge in [0.15, 0.2) is 0 Å². The summed E-state index contributed by atoms with van der Waals surface area (Å²) in [5.74, 6) is 0. The number of rotatable bonds is 4. The number of hydrogen-bond donors (Lipinski definition) is 1. The molecule has 3 unspecified atom stereocenters. The molecule has 1 saturated carbocycles. The van der Waals surface area contributed by atoms with Crippen LogP contribution in [0.4, 0.5) is 0 Å². The molecule has 0 heterocycles. The van der Waals surface area contributed by atoms with Crippen molar-refractivity contribution < 1.29 is 4.29 Å². The van der Waals surface area contributed by atoms with E-state index < -0.39 is 5.54 Å². The van der Waals surface area contributed by atoms with Gasteiger partial charge in [0.2, 0.25) is 0 Å². The van der Waals surface area contributed by atoms with Crippen molar-refractivity contribution >= 4 is 11.9 Å². The summed E-state index contributed by atoms with van der Waals surface area (Å²) in [6.07, 6.45) is 1.76. The van der Waals surface area contributed by atoms with Crippen LogP contribution >= 0.6 is 11.9 Å². The Hall–Kier alpha value is -0.0500. The number of halogens is 1. The second-order valence-corrected chi connectivity index (χ2v) is 11.2. The first-order valence-electron chi connectivity index (χ1n) is 9.15. The Labute approximate surface area is 155 Å². The highest BCUT2D eigenvalue weighted by Crippen LogP contribution is 2.71. The van der Waals surface area contributed by atoms with Gasteiger partial charge in [-0.05, 0) is 39.9 Å². The molecule has 0 aromatic carbocycles. The molecule has 1 aliphatic rings. The summed E-state index contributed by atoms with van der Waals surface area (Å²) < 4.78 is 4.93. The van der Waals surface area contributed by atoms with Gasteiger partial charge in [0.1, 0.15) is 0 Å². The quantitative estimate of drug-likeness (QED) is 0.596. The number of nitrogens with two attached hydrogens (primary N) is 1. The van der Waals surface area contributed by atoms with Crippen molar-refractivity contribution in [3.05, 3.63) is 12.2 Å². The zero-order valence-electron chi connectivity index (χ0n) is 17.7. The summed E-state index contributed by atoms with van der Waals surface area (Å²) in [5.41, 5.74) is 7.87. The molecule has 0 aromatic heterocycles. The van der Waals surface area contributed by atoms with E-state index in [1.54, 1.807) is 0 Å². The molecule has 0 amide bonds. The first kappa shape index (κ1) is 22.0. The minimum absolute atomic E-state index is 0.00374. The largest absolute Gasteiger partial charge is 0.321 e. The van der Waals surface area contributed by atoms with Crippen LogP contribution in [0.1, 0.15) is 82.1 Å². The molecule has 1 aliphatic carbocycles. The highest BCUT2D eigenvalue weighted by Gasteiger charge is 2.68. The van der Waals surface area contributed by atoms with Gasteiger partial charge in [-0.2, -0.15) is 0 Å². The molecule has 2 nitrogen and oxygen atoms in total. The molecular formula is C21H40ClNO. The Balaban J connectivity index is 3.60. The molecule has 2 N–H and O–H groups in total. The van der Waals surface area contributed by atoms with Crippen LogP contribution in [-0.4, -0.2) is 12.1 Å². The van der Waals surface area contributed by atoms with E-state index in [2.05, 4.69) is 75.8 Å². The van der Waals surface area contributed by atoms with Gasteiger partial charge < -0.3 is 5.73 Å². The molecule has 24 heavy (non-hydrogen) atoms. The van der Waals surface area contributed by atoms with E-state index in [1.807, 2.05) is 0 Å². The molecule has 1 fully saturated rings. The maximum absolute atomic E-state index is 7.21. The van der Waals surface area contributed by atoms with Crippen LogP contribution in [0, 0.1) is 27.1 Å². The molecule has 0 saturated heterocycles. The Morgan fingerprint density at radius 2 is 1.54 bits per heavy atom. The van der Waals surface area contributed by atoms with Gasteiger partial charge in [0.05, 0.1) is 18.5 Å². The third-order valence-electron chi connectivity index (χ3n) is 8.38. The average Bonchev–Trinajstić information content (AvgIpc) is 2.55. The van der Waals surface area contributed by atoms with Gasteiger partial charge in [-0.25, -0.2) is 0 Å². The van der Waals surface area contributed by atoms with Crippen molar-refractivity contribution in [3.63, 3.8) is 0 Å². The normalized spacial score (nSPS) is 35.6. The van der Waals surface area contributed by atoms with Crippen molar-refractivity contribution in [1.82, 2.24) is 0 Å². The van der Waals surface area contributed by atoms with Gasteiger partial charge in [0.25, 0.3) is 0 Å². The van der Waals surface area contributed by atoms with Crippen LogP contribution < -0.4 is 5.73 Å². The lowest BCUT2D eigenvalue weighted by Gasteiger charge is -2.52. The topological polar surface area (TPSA) is 35.2 Å². The molecule has 0 aliphatic heterocycles. The van der Waals surface area contributed by atoms with E-state index in [0.29, 0.717) is 6.61 Å². The zero-order chi connectivity index (χ0) is 19.4. The van der Waals surface area contributed by atoms with E-state index in [1.165, 1.54) is 0 Å². The molecule has 0 spiro atoms. The minimum atomic E-state index is -0.436. The second kappa shape index (κ2) is 5.99. The van der Waals surface area contributed by atoms with Crippen LogP contribution in [-0.2, 0) is 4.29 Å². The van der Waals surface area contributed by atoms with Gasteiger partial charge in [-0.1, -0.05) is 81.4 Å². The third-order valence-corrected chi connectivity index (χ3v) is 8.53. The van der Waals surface area contributed by atoms with Gasteiger partial charge in [-0.3, -0.25) is 4.29 Å². The Kier molecular flexibility index (Phi) is 5.49. The maximum atomic E-state index is 7.21. The Morgan fingerprint density at radius 1 is 1.08 bits per heavy atom. The third kappa shape index (κ3) is 2.77. The number of hydrogen-bond acceptors (Lipinski definition) is 2. The van der Waals surface area contributed by atoms with Crippen LogP contribution in [0.3, 0.4) is 0 Å². The molecule has 0 bridgehead atoms. The van der Waals surface area contributed by atoms with E-state index in [0.717, 1.165) is 18.4 Å². The van der Waals surface area contributed by atoms with Gasteiger partial charge in [0, 0.05) is 5.54 Å². The van der Waals surface area contributed by atoms with E-state index in [9.17, 15) is 0 Å². The highest BCUT2D eigenvalue weighted by molar-refractivity contribution is 6.07. The van der Waals surface area contributed by atoms with Crippen LogP contribution in [0.25, 0.3) is 0 Å². The van der Waals surface area contributed by atoms with Crippen molar-refractivity contribution in [1.29, 1.82) is 0 Å². The molecule has 142 valence electrons. The fraction of sp³-hybridized carbons (Fsp3) is 0.905. The smallest absolute Gasteiger partial charge is 0.0691 e.